The normalized spacial score (nSPS) is 13.8. The number of hydrogen-bond donors (Lipinski definition) is 5. The third kappa shape index (κ3) is 9.22. The molecule has 14 heteroatoms. The van der Waals surface area contributed by atoms with E-state index in [1.165, 1.54) is 30.3 Å². The minimum atomic E-state index is -5.08. The molecule has 4 amide bonds. The average Bonchev–Trinajstić information content (AvgIpc) is 2.89. The van der Waals surface area contributed by atoms with Crippen molar-refractivity contribution < 1.29 is 37.5 Å². The third-order valence-corrected chi connectivity index (χ3v) is 6.09. The quantitative estimate of drug-likeness (QED) is 0.170. The van der Waals surface area contributed by atoms with Crippen LogP contribution in [0.25, 0.3) is 0 Å². The van der Waals surface area contributed by atoms with Gasteiger partial charge in [0.15, 0.2) is 6.10 Å². The number of rotatable bonds is 9. The van der Waals surface area contributed by atoms with E-state index in [0.29, 0.717) is 6.08 Å². The maximum Gasteiger partial charge on any atom is 0.416 e. The molecule has 0 fully saturated rings. The molecule has 10 nitrogen and oxygen atoms in total. The molecule has 0 radical (unpaired) electrons. The van der Waals surface area contributed by atoms with Crippen molar-refractivity contribution in [2.24, 2.45) is 5.41 Å². The number of hydrazine groups is 1. The first-order valence-electron chi connectivity index (χ1n) is 12.2. The van der Waals surface area contributed by atoms with Crippen LogP contribution in [0, 0.1) is 5.41 Å². The van der Waals surface area contributed by atoms with Gasteiger partial charge in [-0.05, 0) is 35.3 Å². The minimum Gasteiger partial charge on any atom is -0.398 e. The van der Waals surface area contributed by atoms with Gasteiger partial charge in [-0.3, -0.25) is 24.6 Å². The SMILES string of the molecule is C=CC(=O)N(CC(O)C(F)(F)F)NC(=O)[C@@H](NC(=O)[C@@H](NC(=O)c1ccc(N)c(Cl)c1)C(C)(C)C)c1ccccc1. The molecule has 2 aromatic carbocycles. The molecule has 6 N–H and O–H groups in total. The highest BCUT2D eigenvalue weighted by atomic mass is 35.5. The molecule has 0 aliphatic carbocycles. The molecule has 222 valence electrons. The Balaban J connectivity index is 2.37. The van der Waals surface area contributed by atoms with Crippen molar-refractivity contribution >= 4 is 40.9 Å². The van der Waals surface area contributed by atoms with Gasteiger partial charge in [-0.25, -0.2) is 5.01 Å². The molecule has 0 aromatic heterocycles. The number of nitrogens with two attached hydrogens (primary N) is 1. The highest BCUT2D eigenvalue weighted by molar-refractivity contribution is 6.33. The van der Waals surface area contributed by atoms with E-state index < -0.39 is 60.0 Å². The molecular formula is C27H31ClF3N5O5. The summed E-state index contributed by atoms with van der Waals surface area (Å²) in [5.74, 6) is -3.71. The van der Waals surface area contributed by atoms with Crippen molar-refractivity contribution in [2.75, 3.05) is 12.3 Å². The van der Waals surface area contributed by atoms with E-state index in [4.69, 9.17) is 17.3 Å². The monoisotopic (exact) mass is 597 g/mol. The summed E-state index contributed by atoms with van der Waals surface area (Å²) in [7, 11) is 0. The van der Waals surface area contributed by atoms with Crippen molar-refractivity contribution in [1.82, 2.24) is 21.1 Å². The zero-order valence-electron chi connectivity index (χ0n) is 22.5. The summed E-state index contributed by atoms with van der Waals surface area (Å²) in [6.45, 7) is 6.84. The van der Waals surface area contributed by atoms with E-state index >= 15 is 0 Å². The lowest BCUT2D eigenvalue weighted by molar-refractivity contribution is -0.210. The summed E-state index contributed by atoms with van der Waals surface area (Å²) in [5, 5.41) is 14.9. The molecule has 0 saturated heterocycles. The predicted molar refractivity (Wildman–Crippen MR) is 146 cm³/mol. The van der Waals surface area contributed by atoms with Crippen molar-refractivity contribution in [3.05, 3.63) is 77.3 Å². The Morgan fingerprint density at radius 3 is 2.17 bits per heavy atom. The van der Waals surface area contributed by atoms with Crippen LogP contribution in [0.2, 0.25) is 5.02 Å². The number of amides is 4. The van der Waals surface area contributed by atoms with Crippen molar-refractivity contribution in [3.8, 4) is 0 Å². The predicted octanol–water partition coefficient (Wildman–Crippen LogP) is 2.89. The second kappa shape index (κ2) is 13.5. The maximum absolute atomic E-state index is 13.5. The Kier molecular flexibility index (Phi) is 10.9. The summed E-state index contributed by atoms with van der Waals surface area (Å²) in [6.07, 6.45) is -7.41. The van der Waals surface area contributed by atoms with Crippen LogP contribution in [0.4, 0.5) is 18.9 Å². The second-order valence-corrected chi connectivity index (χ2v) is 10.5. The Hall–Kier alpha value is -4.10. The third-order valence-electron chi connectivity index (χ3n) is 5.77. The number of nitrogens with one attached hydrogen (secondary N) is 3. The van der Waals surface area contributed by atoms with Crippen LogP contribution in [0.3, 0.4) is 0 Å². The van der Waals surface area contributed by atoms with E-state index in [-0.39, 0.29) is 26.8 Å². The topological polar surface area (TPSA) is 154 Å². The fraction of sp³-hybridized carbons (Fsp3) is 0.333. The number of benzene rings is 2. The number of aliphatic hydroxyl groups excluding tert-OH is 1. The number of carbonyl (C=O) groups excluding carboxylic acids is 4. The van der Waals surface area contributed by atoms with Crippen molar-refractivity contribution in [2.45, 2.75) is 45.1 Å². The molecule has 0 saturated carbocycles. The zero-order chi connectivity index (χ0) is 31.1. The number of halogens is 4. The molecule has 2 aromatic rings. The van der Waals surface area contributed by atoms with E-state index in [1.807, 2.05) is 5.43 Å². The number of anilines is 1. The number of hydrogen-bond acceptors (Lipinski definition) is 6. The van der Waals surface area contributed by atoms with Crippen LogP contribution < -0.4 is 21.8 Å². The minimum absolute atomic E-state index is 0.116. The van der Waals surface area contributed by atoms with E-state index in [9.17, 15) is 37.5 Å². The fourth-order valence-corrected chi connectivity index (χ4v) is 3.68. The number of aliphatic hydroxyl groups is 1. The van der Waals surface area contributed by atoms with E-state index in [1.54, 1.807) is 39.0 Å². The first kappa shape index (κ1) is 33.1. The van der Waals surface area contributed by atoms with Crippen molar-refractivity contribution in [1.29, 1.82) is 0 Å². The van der Waals surface area contributed by atoms with Crippen LogP contribution in [0.1, 0.15) is 42.7 Å². The first-order chi connectivity index (χ1) is 18.9. The molecule has 41 heavy (non-hydrogen) atoms. The highest BCUT2D eigenvalue weighted by Gasteiger charge is 2.41. The van der Waals surface area contributed by atoms with Gasteiger partial charge in [0.25, 0.3) is 17.7 Å². The number of nitrogen functional groups attached to an aromatic ring is 1. The summed E-state index contributed by atoms with van der Waals surface area (Å²) in [6, 6.07) is 9.08. The first-order valence-corrected chi connectivity index (χ1v) is 12.5. The summed E-state index contributed by atoms with van der Waals surface area (Å²) in [4.78, 5) is 52.0. The Bertz CT molecular complexity index is 1280. The van der Waals surface area contributed by atoms with Crippen LogP contribution >= 0.6 is 11.6 Å². The molecule has 2 rings (SSSR count). The lowest BCUT2D eigenvalue weighted by Crippen LogP contribution is -2.57. The Morgan fingerprint density at radius 2 is 1.66 bits per heavy atom. The van der Waals surface area contributed by atoms with Gasteiger partial charge in [0, 0.05) is 5.56 Å². The second-order valence-electron chi connectivity index (χ2n) is 10.0. The van der Waals surface area contributed by atoms with Crippen LogP contribution in [0.15, 0.2) is 61.2 Å². The van der Waals surface area contributed by atoms with Gasteiger partial charge in [0.05, 0.1) is 17.3 Å². The maximum atomic E-state index is 13.5. The van der Waals surface area contributed by atoms with Gasteiger partial charge in [-0.2, -0.15) is 13.2 Å². The lowest BCUT2D eigenvalue weighted by Gasteiger charge is -2.32. The molecule has 0 aliphatic heterocycles. The van der Waals surface area contributed by atoms with Gasteiger partial charge in [0.1, 0.15) is 12.1 Å². The molecule has 0 aliphatic rings. The zero-order valence-corrected chi connectivity index (χ0v) is 23.2. The van der Waals surface area contributed by atoms with E-state index in [0.717, 1.165) is 0 Å². The van der Waals surface area contributed by atoms with Crippen LogP contribution in [-0.4, -0.2) is 58.6 Å². The molecule has 0 spiro atoms. The van der Waals surface area contributed by atoms with Gasteiger partial charge in [-0.1, -0.05) is 69.3 Å². The van der Waals surface area contributed by atoms with Crippen molar-refractivity contribution in [3.63, 3.8) is 0 Å². The molecule has 3 atom stereocenters. The number of nitrogens with zero attached hydrogens (tertiary/aromatic N) is 1. The van der Waals surface area contributed by atoms with Crippen LogP contribution in [0.5, 0.6) is 0 Å². The Morgan fingerprint density at radius 1 is 1.05 bits per heavy atom. The van der Waals surface area contributed by atoms with E-state index in [2.05, 4.69) is 17.2 Å². The van der Waals surface area contributed by atoms with Crippen LogP contribution in [-0.2, 0) is 14.4 Å². The number of alkyl halides is 3. The largest absolute Gasteiger partial charge is 0.416 e. The molecule has 0 bridgehead atoms. The smallest absolute Gasteiger partial charge is 0.398 e. The van der Waals surface area contributed by atoms with Gasteiger partial charge in [0.2, 0.25) is 5.91 Å². The number of carbonyl (C=O) groups is 4. The molecular weight excluding hydrogens is 567 g/mol. The summed E-state index contributed by atoms with van der Waals surface area (Å²) in [5.41, 5.74) is 7.39. The average molecular weight is 598 g/mol. The summed E-state index contributed by atoms with van der Waals surface area (Å²) < 4.78 is 38.8. The van der Waals surface area contributed by atoms with Gasteiger partial charge in [-0.15, -0.1) is 0 Å². The standard InChI is InChI=1S/C27H31ClF3N5O5/c1-5-20(38)36(14-19(37)27(29,30)31)35-24(40)21(15-9-7-6-8-10-15)33-25(41)22(26(2,3)4)34-23(39)16-11-12-18(32)17(28)13-16/h5-13,19,21-22,37H,1,14,32H2,2-4H3,(H,33,41)(H,34,39)(H,35,40)/t19?,21-,22+/m0/s1. The molecule has 0 heterocycles. The fourth-order valence-electron chi connectivity index (χ4n) is 3.50. The molecule has 1 unspecified atom stereocenters. The van der Waals surface area contributed by atoms with Gasteiger partial charge >= 0.3 is 6.18 Å². The lowest BCUT2D eigenvalue weighted by atomic mass is 9.85. The summed E-state index contributed by atoms with van der Waals surface area (Å²) >= 11 is 6.01. The highest BCUT2D eigenvalue weighted by Crippen LogP contribution is 2.24. The van der Waals surface area contributed by atoms with Gasteiger partial charge < -0.3 is 21.5 Å². The Labute approximate surface area is 239 Å².